The molecule has 0 unspecified atom stereocenters. The van der Waals surface area contributed by atoms with Crippen LogP contribution in [0.5, 0.6) is 5.75 Å². The van der Waals surface area contributed by atoms with Gasteiger partial charge in [-0.05, 0) is 49.5 Å². The molecule has 1 fully saturated rings. The fraction of sp³-hybridized carbons (Fsp3) is 0.500. The zero-order chi connectivity index (χ0) is 12.8. The van der Waals surface area contributed by atoms with Crippen LogP contribution in [0.3, 0.4) is 0 Å². The van der Waals surface area contributed by atoms with E-state index in [9.17, 15) is 4.39 Å². The summed E-state index contributed by atoms with van der Waals surface area (Å²) in [6.45, 7) is 2.59. The van der Waals surface area contributed by atoms with Gasteiger partial charge in [-0.3, -0.25) is 0 Å². The van der Waals surface area contributed by atoms with Gasteiger partial charge in [0, 0.05) is 0 Å². The number of hydrogen-bond donors (Lipinski definition) is 1. The summed E-state index contributed by atoms with van der Waals surface area (Å²) < 4.78 is 19.2. The van der Waals surface area contributed by atoms with E-state index in [2.05, 4.69) is 5.32 Å². The highest BCUT2D eigenvalue weighted by Gasteiger charge is 2.14. The third-order valence-corrected chi connectivity index (χ3v) is 3.21. The number of rotatable bonds is 4. The topological polar surface area (TPSA) is 45.0 Å². The summed E-state index contributed by atoms with van der Waals surface area (Å²) in [7, 11) is 0. The Kier molecular flexibility index (Phi) is 4.54. The number of ether oxygens (including phenoxy) is 1. The molecule has 0 aliphatic carbocycles. The first kappa shape index (κ1) is 12.8. The number of nitriles is 1. The van der Waals surface area contributed by atoms with Crippen LogP contribution >= 0.6 is 0 Å². The Morgan fingerprint density at radius 2 is 2.17 bits per heavy atom. The van der Waals surface area contributed by atoms with Crippen molar-refractivity contribution in [3.8, 4) is 11.8 Å². The summed E-state index contributed by atoms with van der Waals surface area (Å²) in [5.41, 5.74) is 0.684. The van der Waals surface area contributed by atoms with Gasteiger partial charge in [0.1, 0.15) is 0 Å². The Balaban J connectivity index is 1.90. The molecular weight excluding hydrogens is 231 g/mol. The summed E-state index contributed by atoms with van der Waals surface area (Å²) in [4.78, 5) is 0. The molecule has 0 spiro atoms. The molecule has 1 aliphatic rings. The smallest absolute Gasteiger partial charge is 0.165 e. The average Bonchev–Trinajstić information content (AvgIpc) is 2.39. The van der Waals surface area contributed by atoms with Crippen LogP contribution in [0.15, 0.2) is 18.2 Å². The Bertz CT molecular complexity index is 436. The first-order valence-corrected chi connectivity index (χ1v) is 6.28. The van der Waals surface area contributed by atoms with Gasteiger partial charge in [-0.25, -0.2) is 4.39 Å². The summed E-state index contributed by atoms with van der Waals surface area (Å²) in [6, 6.07) is 6.73. The van der Waals surface area contributed by atoms with Gasteiger partial charge in [-0.1, -0.05) is 6.07 Å². The predicted molar refractivity (Wildman–Crippen MR) is 66.8 cm³/mol. The van der Waals surface area contributed by atoms with Crippen molar-refractivity contribution < 1.29 is 9.13 Å². The van der Waals surface area contributed by atoms with Crippen molar-refractivity contribution in [3.63, 3.8) is 0 Å². The van der Waals surface area contributed by atoms with Gasteiger partial charge in [0.2, 0.25) is 0 Å². The molecule has 0 radical (unpaired) electrons. The minimum atomic E-state index is -0.378. The second kappa shape index (κ2) is 6.36. The van der Waals surface area contributed by atoms with E-state index in [0.29, 0.717) is 18.1 Å². The van der Waals surface area contributed by atoms with Gasteiger partial charge in [0.05, 0.1) is 19.1 Å². The SMILES string of the molecule is N#CCc1ccc(OCC2CCNCC2)c(F)c1. The van der Waals surface area contributed by atoms with Crippen LogP contribution in [0.2, 0.25) is 0 Å². The Hall–Kier alpha value is -1.60. The maximum Gasteiger partial charge on any atom is 0.165 e. The largest absolute Gasteiger partial charge is 0.490 e. The van der Waals surface area contributed by atoms with Crippen LogP contribution in [0.25, 0.3) is 0 Å². The van der Waals surface area contributed by atoms with Crippen molar-refractivity contribution in [2.24, 2.45) is 5.92 Å². The predicted octanol–water partition coefficient (Wildman–Crippen LogP) is 2.27. The standard InChI is InChI=1S/C14H17FN2O/c15-13-9-11(3-6-16)1-2-14(13)18-10-12-4-7-17-8-5-12/h1-2,9,12,17H,3-5,7-8,10H2. The van der Waals surface area contributed by atoms with E-state index in [1.807, 2.05) is 6.07 Å². The van der Waals surface area contributed by atoms with E-state index in [0.717, 1.165) is 25.9 Å². The molecule has 96 valence electrons. The Morgan fingerprint density at radius 1 is 1.39 bits per heavy atom. The monoisotopic (exact) mass is 248 g/mol. The molecule has 0 saturated carbocycles. The lowest BCUT2D eigenvalue weighted by molar-refractivity contribution is 0.208. The number of nitrogens with one attached hydrogen (secondary N) is 1. The summed E-state index contributed by atoms with van der Waals surface area (Å²) in [6.07, 6.45) is 2.38. The van der Waals surface area contributed by atoms with Gasteiger partial charge in [0.15, 0.2) is 11.6 Å². The van der Waals surface area contributed by atoms with Crippen molar-refractivity contribution in [3.05, 3.63) is 29.6 Å². The Morgan fingerprint density at radius 3 is 2.83 bits per heavy atom. The molecule has 0 bridgehead atoms. The third kappa shape index (κ3) is 3.44. The molecule has 1 aromatic carbocycles. The van der Waals surface area contributed by atoms with Crippen LogP contribution in [-0.2, 0) is 6.42 Å². The molecule has 0 amide bonds. The summed E-state index contributed by atoms with van der Waals surface area (Å²) in [5.74, 6) is 0.413. The second-order valence-corrected chi connectivity index (χ2v) is 4.60. The molecular formula is C14H17FN2O. The lowest BCUT2D eigenvalue weighted by Crippen LogP contribution is -2.30. The molecule has 1 aliphatic heterocycles. The lowest BCUT2D eigenvalue weighted by atomic mass is 9.99. The van der Waals surface area contributed by atoms with E-state index in [1.165, 1.54) is 6.07 Å². The molecule has 1 heterocycles. The summed E-state index contributed by atoms with van der Waals surface area (Å²) in [5, 5.41) is 11.8. The third-order valence-electron chi connectivity index (χ3n) is 3.21. The van der Waals surface area contributed by atoms with Crippen molar-refractivity contribution in [1.29, 1.82) is 5.26 Å². The average molecular weight is 248 g/mol. The van der Waals surface area contributed by atoms with Gasteiger partial charge in [0.25, 0.3) is 0 Å². The number of piperidine rings is 1. The highest BCUT2D eigenvalue weighted by Crippen LogP contribution is 2.21. The molecule has 18 heavy (non-hydrogen) atoms. The number of benzene rings is 1. The molecule has 1 N–H and O–H groups in total. The quantitative estimate of drug-likeness (QED) is 0.889. The number of halogens is 1. The van der Waals surface area contributed by atoms with Crippen LogP contribution < -0.4 is 10.1 Å². The van der Waals surface area contributed by atoms with Gasteiger partial charge >= 0.3 is 0 Å². The zero-order valence-electron chi connectivity index (χ0n) is 10.3. The van der Waals surface area contributed by atoms with Gasteiger partial charge in [-0.15, -0.1) is 0 Å². The lowest BCUT2D eigenvalue weighted by Gasteiger charge is -2.22. The van der Waals surface area contributed by atoms with Crippen molar-refractivity contribution in [2.75, 3.05) is 19.7 Å². The maximum absolute atomic E-state index is 13.7. The Labute approximate surface area is 107 Å². The molecule has 0 atom stereocenters. The van der Waals surface area contributed by atoms with E-state index < -0.39 is 0 Å². The highest BCUT2D eigenvalue weighted by atomic mass is 19.1. The van der Waals surface area contributed by atoms with E-state index in [1.54, 1.807) is 12.1 Å². The van der Waals surface area contributed by atoms with Crippen molar-refractivity contribution in [1.82, 2.24) is 5.32 Å². The number of nitrogens with zero attached hydrogens (tertiary/aromatic N) is 1. The van der Waals surface area contributed by atoms with Crippen LogP contribution in [0.1, 0.15) is 18.4 Å². The van der Waals surface area contributed by atoms with Crippen LogP contribution in [-0.4, -0.2) is 19.7 Å². The van der Waals surface area contributed by atoms with Crippen LogP contribution in [0, 0.1) is 23.1 Å². The number of hydrogen-bond acceptors (Lipinski definition) is 3. The molecule has 3 nitrogen and oxygen atoms in total. The van der Waals surface area contributed by atoms with Crippen molar-refractivity contribution >= 4 is 0 Å². The minimum Gasteiger partial charge on any atom is -0.490 e. The first-order valence-electron chi connectivity index (χ1n) is 6.28. The van der Waals surface area contributed by atoms with E-state index in [4.69, 9.17) is 10.00 Å². The first-order chi connectivity index (χ1) is 8.79. The second-order valence-electron chi connectivity index (χ2n) is 4.60. The maximum atomic E-state index is 13.7. The minimum absolute atomic E-state index is 0.228. The van der Waals surface area contributed by atoms with Gasteiger partial charge in [-0.2, -0.15) is 5.26 Å². The molecule has 1 saturated heterocycles. The summed E-state index contributed by atoms with van der Waals surface area (Å²) >= 11 is 0. The van der Waals surface area contributed by atoms with Gasteiger partial charge < -0.3 is 10.1 Å². The molecule has 4 heteroatoms. The van der Waals surface area contributed by atoms with Crippen molar-refractivity contribution in [2.45, 2.75) is 19.3 Å². The fourth-order valence-electron chi connectivity index (χ4n) is 2.12. The zero-order valence-corrected chi connectivity index (χ0v) is 10.3. The normalized spacial score (nSPS) is 16.2. The van der Waals surface area contributed by atoms with Crippen LogP contribution in [0.4, 0.5) is 4.39 Å². The molecule has 2 rings (SSSR count). The van der Waals surface area contributed by atoms with E-state index >= 15 is 0 Å². The fourth-order valence-corrected chi connectivity index (χ4v) is 2.12. The molecule has 0 aromatic heterocycles. The molecule has 1 aromatic rings. The highest BCUT2D eigenvalue weighted by molar-refractivity contribution is 5.30. The van der Waals surface area contributed by atoms with E-state index in [-0.39, 0.29) is 18.0 Å².